The summed E-state index contributed by atoms with van der Waals surface area (Å²) < 4.78 is 5.92. The van der Waals surface area contributed by atoms with Gasteiger partial charge in [-0.25, -0.2) is 0 Å². The number of hydrogen-bond acceptors (Lipinski definition) is 3. The fourth-order valence-electron chi connectivity index (χ4n) is 4.01. The summed E-state index contributed by atoms with van der Waals surface area (Å²) in [5.74, 6) is 2.53. The first-order valence-electron chi connectivity index (χ1n) is 9.14. The van der Waals surface area contributed by atoms with Crippen LogP contribution in [0, 0.1) is 5.41 Å². The van der Waals surface area contributed by atoms with E-state index in [2.05, 4.69) is 24.0 Å². The lowest BCUT2D eigenvalue weighted by atomic mass is 9.73. The highest BCUT2D eigenvalue weighted by Crippen LogP contribution is 2.41. The number of amides is 1. The average Bonchev–Trinajstić information content (AvgIpc) is 2.94. The van der Waals surface area contributed by atoms with Crippen molar-refractivity contribution in [1.82, 2.24) is 9.80 Å². The minimum Gasteiger partial charge on any atom is -0.465 e. The van der Waals surface area contributed by atoms with E-state index in [0.717, 1.165) is 63.4 Å². The lowest BCUT2D eigenvalue weighted by Gasteiger charge is -2.41. The van der Waals surface area contributed by atoms with Crippen molar-refractivity contribution in [3.8, 4) is 0 Å². The topological polar surface area (TPSA) is 36.7 Å². The zero-order valence-corrected chi connectivity index (χ0v) is 15.9. The maximum absolute atomic E-state index is 11.9. The Bertz CT molecular complexity index is 535. The number of nitrogens with zero attached hydrogens (tertiary/aromatic N) is 2. The Labute approximate surface area is 152 Å². The summed E-state index contributed by atoms with van der Waals surface area (Å²) in [5.41, 5.74) is 0.396. The molecule has 0 saturated carbocycles. The molecule has 2 fully saturated rings. The number of piperidine rings is 1. The van der Waals surface area contributed by atoms with Crippen molar-refractivity contribution in [2.75, 3.05) is 26.7 Å². The van der Waals surface area contributed by atoms with Crippen LogP contribution < -0.4 is 0 Å². The molecule has 0 bridgehead atoms. The average molecular weight is 355 g/mol. The van der Waals surface area contributed by atoms with Crippen molar-refractivity contribution >= 4 is 18.3 Å². The number of aryl methyl sites for hydroxylation is 1. The van der Waals surface area contributed by atoms with Crippen molar-refractivity contribution in [3.63, 3.8) is 0 Å². The molecule has 1 amide bonds. The van der Waals surface area contributed by atoms with E-state index in [1.54, 1.807) is 0 Å². The van der Waals surface area contributed by atoms with E-state index in [4.69, 9.17) is 4.42 Å². The van der Waals surface area contributed by atoms with Crippen LogP contribution in [0.1, 0.15) is 57.0 Å². The van der Waals surface area contributed by atoms with Crippen molar-refractivity contribution in [2.24, 2.45) is 5.41 Å². The number of furan rings is 1. The molecule has 0 unspecified atom stereocenters. The first kappa shape index (κ1) is 19.3. The number of halogens is 1. The van der Waals surface area contributed by atoms with Gasteiger partial charge in [0.15, 0.2) is 0 Å². The number of carbonyl (C=O) groups excluding carboxylic acids is 1. The van der Waals surface area contributed by atoms with Gasteiger partial charge in [-0.3, -0.25) is 9.69 Å². The lowest BCUT2D eigenvalue weighted by Crippen LogP contribution is -2.40. The number of likely N-dealkylation sites (tertiary alicyclic amines) is 2. The van der Waals surface area contributed by atoms with Crippen LogP contribution >= 0.6 is 12.4 Å². The summed E-state index contributed by atoms with van der Waals surface area (Å²) in [6.07, 6.45) is 7.58. The van der Waals surface area contributed by atoms with Gasteiger partial charge in [0.05, 0.1) is 6.54 Å². The summed E-state index contributed by atoms with van der Waals surface area (Å²) in [5, 5.41) is 0. The van der Waals surface area contributed by atoms with Gasteiger partial charge in [-0.05, 0) is 62.7 Å². The van der Waals surface area contributed by atoms with Gasteiger partial charge < -0.3 is 9.32 Å². The molecule has 3 rings (SSSR count). The molecule has 24 heavy (non-hydrogen) atoms. The molecule has 136 valence electrons. The molecule has 3 heterocycles. The maximum Gasteiger partial charge on any atom is 0.222 e. The highest BCUT2D eigenvalue weighted by atomic mass is 35.5. The van der Waals surface area contributed by atoms with E-state index in [0.29, 0.717) is 11.3 Å². The van der Waals surface area contributed by atoms with Gasteiger partial charge in [0.25, 0.3) is 0 Å². The first-order valence-corrected chi connectivity index (χ1v) is 9.14. The molecule has 4 nitrogen and oxygen atoms in total. The van der Waals surface area contributed by atoms with E-state index < -0.39 is 0 Å². The second-order valence-corrected chi connectivity index (χ2v) is 7.46. The second kappa shape index (κ2) is 8.39. The largest absolute Gasteiger partial charge is 0.465 e. The number of rotatable bonds is 4. The Kier molecular flexibility index (Phi) is 6.76. The molecule has 0 aromatic carbocycles. The fourth-order valence-corrected chi connectivity index (χ4v) is 4.01. The molecule has 1 aromatic rings. The number of hydrogen-bond donors (Lipinski definition) is 0. The van der Waals surface area contributed by atoms with E-state index in [1.165, 1.54) is 19.3 Å². The van der Waals surface area contributed by atoms with E-state index in [-0.39, 0.29) is 12.4 Å². The minimum absolute atomic E-state index is 0. The zero-order valence-electron chi connectivity index (χ0n) is 15.1. The molecule has 0 radical (unpaired) electrons. The van der Waals surface area contributed by atoms with Crippen LogP contribution in [0.3, 0.4) is 0 Å². The van der Waals surface area contributed by atoms with Crippen LogP contribution in [-0.4, -0.2) is 42.4 Å². The summed E-state index contributed by atoms with van der Waals surface area (Å²) >= 11 is 0. The maximum atomic E-state index is 11.9. The molecule has 1 aromatic heterocycles. The normalized spacial score (nSPS) is 21.6. The van der Waals surface area contributed by atoms with Crippen LogP contribution in [0.15, 0.2) is 16.5 Å². The smallest absolute Gasteiger partial charge is 0.222 e. The number of carbonyl (C=O) groups is 1. The predicted molar refractivity (Wildman–Crippen MR) is 98.4 cm³/mol. The SMILES string of the molecule is CCCc1ccc(CN2CCC3(CCC(=O)N(C)CC3)CC2)o1.Cl. The lowest BCUT2D eigenvalue weighted by molar-refractivity contribution is -0.129. The van der Waals surface area contributed by atoms with Crippen LogP contribution in [0.25, 0.3) is 0 Å². The Morgan fingerprint density at radius 1 is 1.08 bits per heavy atom. The fraction of sp³-hybridized carbons (Fsp3) is 0.737. The zero-order chi connectivity index (χ0) is 16.3. The molecule has 2 saturated heterocycles. The van der Waals surface area contributed by atoms with Crippen molar-refractivity contribution < 1.29 is 9.21 Å². The van der Waals surface area contributed by atoms with Crippen molar-refractivity contribution in [3.05, 3.63) is 23.7 Å². The highest BCUT2D eigenvalue weighted by molar-refractivity contribution is 5.85. The van der Waals surface area contributed by atoms with Gasteiger partial charge >= 0.3 is 0 Å². The van der Waals surface area contributed by atoms with Gasteiger partial charge in [0.2, 0.25) is 5.91 Å². The van der Waals surface area contributed by atoms with Gasteiger partial charge in [0, 0.05) is 26.4 Å². The minimum atomic E-state index is 0. The molecule has 1 spiro atoms. The van der Waals surface area contributed by atoms with Crippen LogP contribution in [-0.2, 0) is 17.8 Å². The molecular formula is C19H31ClN2O2. The summed E-state index contributed by atoms with van der Waals surface area (Å²) in [4.78, 5) is 16.3. The van der Waals surface area contributed by atoms with Gasteiger partial charge in [0.1, 0.15) is 11.5 Å². The Morgan fingerprint density at radius 3 is 2.46 bits per heavy atom. The summed E-state index contributed by atoms with van der Waals surface area (Å²) in [7, 11) is 1.95. The molecule has 2 aliphatic heterocycles. The van der Waals surface area contributed by atoms with E-state index in [1.807, 2.05) is 11.9 Å². The van der Waals surface area contributed by atoms with Crippen LogP contribution in [0.4, 0.5) is 0 Å². The van der Waals surface area contributed by atoms with Gasteiger partial charge in [-0.2, -0.15) is 0 Å². The third kappa shape index (κ3) is 4.54. The Morgan fingerprint density at radius 2 is 1.75 bits per heavy atom. The standard InChI is InChI=1S/C19H30N2O2.ClH/c1-3-4-16-5-6-17(23-16)15-21-13-10-19(11-14-21)8-7-18(22)20(2)12-9-19;/h5-6H,3-4,7-15H2,1-2H3;1H. The quantitative estimate of drug-likeness (QED) is 0.823. The Hall–Kier alpha value is -1.00. The third-order valence-electron chi connectivity index (χ3n) is 5.78. The molecule has 0 aliphatic carbocycles. The molecule has 0 atom stereocenters. The third-order valence-corrected chi connectivity index (χ3v) is 5.78. The molecular weight excluding hydrogens is 324 g/mol. The summed E-state index contributed by atoms with van der Waals surface area (Å²) in [6.45, 7) is 6.29. The highest BCUT2D eigenvalue weighted by Gasteiger charge is 2.37. The van der Waals surface area contributed by atoms with Crippen LogP contribution in [0.5, 0.6) is 0 Å². The van der Waals surface area contributed by atoms with E-state index in [9.17, 15) is 4.79 Å². The van der Waals surface area contributed by atoms with Crippen molar-refractivity contribution in [2.45, 2.75) is 58.4 Å². The van der Waals surface area contributed by atoms with Gasteiger partial charge in [-0.15, -0.1) is 12.4 Å². The molecule has 2 aliphatic rings. The Balaban J connectivity index is 0.00000208. The van der Waals surface area contributed by atoms with E-state index >= 15 is 0 Å². The second-order valence-electron chi connectivity index (χ2n) is 7.46. The monoisotopic (exact) mass is 354 g/mol. The van der Waals surface area contributed by atoms with Crippen molar-refractivity contribution in [1.29, 1.82) is 0 Å². The molecule has 0 N–H and O–H groups in total. The predicted octanol–water partition coefficient (Wildman–Crippen LogP) is 3.88. The molecule has 5 heteroatoms. The van der Waals surface area contributed by atoms with Gasteiger partial charge in [-0.1, -0.05) is 6.92 Å². The first-order chi connectivity index (χ1) is 11.1. The van der Waals surface area contributed by atoms with Crippen LogP contribution in [0.2, 0.25) is 0 Å². The summed E-state index contributed by atoms with van der Waals surface area (Å²) in [6, 6.07) is 4.26.